The number of alkyl halides is 2. The minimum atomic E-state index is -2.84. The molecule has 0 atom stereocenters. The first-order chi connectivity index (χ1) is 11.7. The van der Waals surface area contributed by atoms with E-state index in [1.54, 1.807) is 25.2 Å². The number of halogens is 3. The molecule has 1 heterocycles. The van der Waals surface area contributed by atoms with Crippen LogP contribution in [0.5, 0.6) is 5.75 Å². The number of nitrogens with one attached hydrogen (secondary N) is 2. The van der Waals surface area contributed by atoms with E-state index in [9.17, 15) is 8.78 Å². The van der Waals surface area contributed by atoms with Gasteiger partial charge in [-0.2, -0.15) is 8.78 Å². The first-order valence-corrected chi connectivity index (χ1v) is 7.92. The maximum atomic E-state index is 12.4. The van der Waals surface area contributed by atoms with Gasteiger partial charge in [-0.1, -0.05) is 29.8 Å². The number of hydrogen-bond acceptors (Lipinski definition) is 3. The fourth-order valence-electron chi connectivity index (χ4n) is 2.39. The predicted octanol–water partition coefficient (Wildman–Crippen LogP) is 3.31. The Morgan fingerprint density at radius 2 is 2.12 bits per heavy atom. The van der Waals surface area contributed by atoms with Crippen molar-refractivity contribution < 1.29 is 18.3 Å². The van der Waals surface area contributed by atoms with Crippen molar-refractivity contribution >= 4 is 29.9 Å². The average Bonchev–Trinajstić information content (AvgIpc) is 2.59. The molecule has 1 aliphatic rings. The van der Waals surface area contributed by atoms with Crippen molar-refractivity contribution in [2.45, 2.75) is 26.0 Å². The number of para-hydroxylation sites is 1. The minimum absolute atomic E-state index is 0. The summed E-state index contributed by atoms with van der Waals surface area (Å²) in [6.07, 6.45) is 4.00. The monoisotopic (exact) mass is 467 g/mol. The molecule has 0 amide bonds. The molecule has 1 aliphatic heterocycles. The van der Waals surface area contributed by atoms with Crippen molar-refractivity contribution in [3.05, 3.63) is 41.5 Å². The molecule has 140 valence electrons. The second-order valence-corrected chi connectivity index (χ2v) is 5.28. The highest BCUT2D eigenvalue weighted by molar-refractivity contribution is 14.0. The van der Waals surface area contributed by atoms with E-state index in [2.05, 4.69) is 26.4 Å². The van der Waals surface area contributed by atoms with Gasteiger partial charge >= 0.3 is 6.61 Å². The zero-order chi connectivity index (χ0) is 17.2. The summed E-state index contributed by atoms with van der Waals surface area (Å²) in [7, 11) is 1.67. The summed E-state index contributed by atoms with van der Waals surface area (Å²) in [5.41, 5.74) is 2.02. The minimum Gasteiger partial charge on any atom is -0.434 e. The van der Waals surface area contributed by atoms with Gasteiger partial charge in [0.15, 0.2) is 5.96 Å². The molecule has 0 saturated carbocycles. The number of ether oxygens (including phenoxy) is 2. The van der Waals surface area contributed by atoms with Gasteiger partial charge in [-0.25, -0.2) is 0 Å². The summed E-state index contributed by atoms with van der Waals surface area (Å²) in [6.45, 7) is -0.278. The molecule has 0 radical (unpaired) electrons. The van der Waals surface area contributed by atoms with Crippen molar-refractivity contribution in [3.63, 3.8) is 0 Å². The Kier molecular flexibility index (Phi) is 10.4. The molecule has 2 rings (SSSR count). The first kappa shape index (κ1) is 21.6. The molecule has 1 aromatic carbocycles. The van der Waals surface area contributed by atoms with Gasteiger partial charge in [0, 0.05) is 25.7 Å². The fraction of sp³-hybridized carbons (Fsp3) is 0.471. The van der Waals surface area contributed by atoms with Crippen LogP contribution in [0.1, 0.15) is 18.4 Å². The molecule has 5 nitrogen and oxygen atoms in total. The lowest BCUT2D eigenvalue weighted by molar-refractivity contribution is -0.0504. The van der Waals surface area contributed by atoms with Crippen LogP contribution in [0.4, 0.5) is 8.78 Å². The van der Waals surface area contributed by atoms with Gasteiger partial charge in [-0.3, -0.25) is 4.99 Å². The maximum absolute atomic E-state index is 12.4. The van der Waals surface area contributed by atoms with E-state index in [1.807, 2.05) is 0 Å². The SMILES string of the molecule is CN=C(NCCC1=CCOCC1)NCc1ccccc1OC(F)F.I. The molecular formula is C17H24F2IN3O2. The zero-order valence-electron chi connectivity index (χ0n) is 14.1. The third-order valence-electron chi connectivity index (χ3n) is 3.65. The molecule has 1 aromatic rings. The van der Waals surface area contributed by atoms with Crippen molar-refractivity contribution in [3.8, 4) is 5.75 Å². The molecule has 25 heavy (non-hydrogen) atoms. The lowest BCUT2D eigenvalue weighted by atomic mass is 10.1. The van der Waals surface area contributed by atoms with Gasteiger partial charge in [0.1, 0.15) is 5.75 Å². The summed E-state index contributed by atoms with van der Waals surface area (Å²) in [6, 6.07) is 6.71. The van der Waals surface area contributed by atoms with Gasteiger partial charge in [-0.15, -0.1) is 24.0 Å². The summed E-state index contributed by atoms with van der Waals surface area (Å²) in [5, 5.41) is 6.32. The lowest BCUT2D eigenvalue weighted by Crippen LogP contribution is -2.37. The summed E-state index contributed by atoms with van der Waals surface area (Å²) in [5.74, 6) is 0.789. The molecule has 2 N–H and O–H groups in total. The molecule has 0 aromatic heterocycles. The molecule has 0 spiro atoms. The van der Waals surface area contributed by atoms with Crippen LogP contribution >= 0.6 is 24.0 Å². The van der Waals surface area contributed by atoms with E-state index < -0.39 is 6.61 Å². The van der Waals surface area contributed by atoms with Crippen molar-refractivity contribution in [1.82, 2.24) is 10.6 Å². The molecule has 0 aliphatic carbocycles. The quantitative estimate of drug-likeness (QED) is 0.280. The van der Waals surface area contributed by atoms with E-state index in [0.29, 0.717) is 24.7 Å². The smallest absolute Gasteiger partial charge is 0.387 e. The van der Waals surface area contributed by atoms with Crippen molar-refractivity contribution in [2.24, 2.45) is 4.99 Å². The summed E-state index contributed by atoms with van der Waals surface area (Å²) in [4.78, 5) is 4.14. The second kappa shape index (κ2) is 12.0. The van der Waals surface area contributed by atoms with E-state index >= 15 is 0 Å². The number of aliphatic imine (C=N–C) groups is 1. The van der Waals surface area contributed by atoms with Crippen LogP contribution in [0.3, 0.4) is 0 Å². The van der Waals surface area contributed by atoms with Crippen LogP contribution in [0.15, 0.2) is 40.9 Å². The predicted molar refractivity (Wildman–Crippen MR) is 105 cm³/mol. The first-order valence-electron chi connectivity index (χ1n) is 7.92. The molecule has 0 saturated heterocycles. The van der Waals surface area contributed by atoms with E-state index in [-0.39, 0.29) is 29.7 Å². The molecule has 0 fully saturated rings. The van der Waals surface area contributed by atoms with Gasteiger partial charge < -0.3 is 20.1 Å². The number of guanidine groups is 1. The van der Waals surface area contributed by atoms with Gasteiger partial charge in [0.05, 0.1) is 13.2 Å². The third kappa shape index (κ3) is 8.00. The zero-order valence-corrected chi connectivity index (χ0v) is 16.5. The van der Waals surface area contributed by atoms with Gasteiger partial charge in [-0.05, 0) is 18.9 Å². The maximum Gasteiger partial charge on any atom is 0.387 e. The number of benzene rings is 1. The lowest BCUT2D eigenvalue weighted by Gasteiger charge is -2.16. The molecular weight excluding hydrogens is 443 g/mol. The Balaban J connectivity index is 0.00000312. The number of nitrogens with zero attached hydrogens (tertiary/aromatic N) is 1. The number of hydrogen-bond donors (Lipinski definition) is 2. The van der Waals surface area contributed by atoms with Gasteiger partial charge in [0.25, 0.3) is 0 Å². The molecule has 0 unspecified atom stereocenters. The Hall–Kier alpha value is -1.42. The van der Waals surface area contributed by atoms with Crippen LogP contribution in [0, 0.1) is 0 Å². The Morgan fingerprint density at radius 3 is 2.80 bits per heavy atom. The van der Waals surface area contributed by atoms with Crippen LogP contribution < -0.4 is 15.4 Å². The van der Waals surface area contributed by atoms with E-state index in [0.717, 1.165) is 26.0 Å². The largest absolute Gasteiger partial charge is 0.434 e. The highest BCUT2D eigenvalue weighted by atomic mass is 127. The van der Waals surface area contributed by atoms with E-state index in [4.69, 9.17) is 4.74 Å². The highest BCUT2D eigenvalue weighted by Crippen LogP contribution is 2.19. The van der Waals surface area contributed by atoms with Crippen LogP contribution in [-0.4, -0.2) is 39.4 Å². The second-order valence-electron chi connectivity index (χ2n) is 5.28. The standard InChI is InChI=1S/C17H23F2N3O2.HI/c1-20-17(21-9-6-13-7-10-23-11-8-13)22-12-14-4-2-3-5-15(14)24-16(18)19;/h2-5,7,16H,6,8-12H2,1H3,(H2,20,21,22);1H. The van der Waals surface area contributed by atoms with Crippen LogP contribution in [0.25, 0.3) is 0 Å². The summed E-state index contributed by atoms with van der Waals surface area (Å²) < 4.78 is 34.6. The Morgan fingerprint density at radius 1 is 1.32 bits per heavy atom. The van der Waals surface area contributed by atoms with Crippen LogP contribution in [-0.2, 0) is 11.3 Å². The topological polar surface area (TPSA) is 54.9 Å². The Labute approximate surface area is 163 Å². The van der Waals surface area contributed by atoms with Crippen molar-refractivity contribution in [2.75, 3.05) is 26.8 Å². The average molecular weight is 467 g/mol. The third-order valence-corrected chi connectivity index (χ3v) is 3.65. The highest BCUT2D eigenvalue weighted by Gasteiger charge is 2.09. The van der Waals surface area contributed by atoms with Crippen LogP contribution in [0.2, 0.25) is 0 Å². The number of rotatable bonds is 7. The van der Waals surface area contributed by atoms with Gasteiger partial charge in [0.2, 0.25) is 0 Å². The summed E-state index contributed by atoms with van der Waals surface area (Å²) >= 11 is 0. The molecule has 8 heteroatoms. The molecule has 0 bridgehead atoms. The van der Waals surface area contributed by atoms with E-state index in [1.165, 1.54) is 11.6 Å². The van der Waals surface area contributed by atoms with Crippen molar-refractivity contribution in [1.29, 1.82) is 0 Å². The fourth-order valence-corrected chi connectivity index (χ4v) is 2.39. The normalized spacial score (nSPS) is 14.6. The Bertz CT molecular complexity index is 583.